The molecular weight excluding hydrogens is 570 g/mol. The van der Waals surface area contributed by atoms with Gasteiger partial charge in [-0.1, -0.05) is 12.8 Å². The van der Waals surface area contributed by atoms with E-state index in [1.807, 2.05) is 0 Å². The molecule has 1 aliphatic carbocycles. The van der Waals surface area contributed by atoms with E-state index in [2.05, 4.69) is 15.6 Å². The van der Waals surface area contributed by atoms with Gasteiger partial charge in [0.1, 0.15) is 17.5 Å². The molecule has 2 atom stereocenters. The fourth-order valence-corrected chi connectivity index (χ4v) is 5.43. The van der Waals surface area contributed by atoms with E-state index in [1.165, 1.54) is 0 Å². The minimum atomic E-state index is -4.89. The molecule has 42 heavy (non-hydrogen) atoms. The summed E-state index contributed by atoms with van der Waals surface area (Å²) in [6, 6.07) is -1.60. The number of hydrogen-bond donors (Lipinski definition) is 2. The highest BCUT2D eigenvalue weighted by Crippen LogP contribution is 2.37. The number of fused-ring (bicyclic) bond motifs is 1. The van der Waals surface area contributed by atoms with Crippen LogP contribution in [0.3, 0.4) is 0 Å². The Kier molecular flexibility index (Phi) is 9.05. The molecule has 4 rings (SSSR count). The molecule has 1 amide bonds. The lowest BCUT2D eigenvalue weighted by Gasteiger charge is -2.29. The predicted octanol–water partition coefficient (Wildman–Crippen LogP) is 5.43. The number of alkyl halides is 3. The molecular formula is C28H32F6N4O4. The van der Waals surface area contributed by atoms with Crippen LogP contribution in [0.1, 0.15) is 86.5 Å². The van der Waals surface area contributed by atoms with Crippen LogP contribution in [0.2, 0.25) is 0 Å². The van der Waals surface area contributed by atoms with Gasteiger partial charge < -0.3 is 19.9 Å². The van der Waals surface area contributed by atoms with Gasteiger partial charge in [0.25, 0.3) is 0 Å². The van der Waals surface area contributed by atoms with Crippen molar-refractivity contribution in [1.29, 1.82) is 0 Å². The van der Waals surface area contributed by atoms with Gasteiger partial charge in [-0.25, -0.2) is 22.9 Å². The number of aromatic nitrogens is 2. The maximum absolute atomic E-state index is 14.5. The third-order valence-corrected chi connectivity index (χ3v) is 7.26. The highest BCUT2D eigenvalue weighted by atomic mass is 19.4. The van der Waals surface area contributed by atoms with Gasteiger partial charge in [0.05, 0.1) is 5.69 Å². The standard InChI is InChI=1S/C28H32F6N4O4/c1-27(2,3)42-26(41)36-16(8-15-9-18(30)19(31)11-17(15)29)10-22(39)20-12-35-13-21-24(28(32,33)34)37-25(38(20)21)23(40)14-6-4-5-7-14/h9,11,14,16,20,35H,4-8,10,12-13H2,1-3H3,(H,36,41). The smallest absolute Gasteiger partial charge is 0.435 e. The number of imidazole rings is 1. The lowest BCUT2D eigenvalue weighted by molar-refractivity contribution is -0.142. The maximum Gasteiger partial charge on any atom is 0.435 e. The number of Topliss-reactive ketones (excluding diaryl/α,β-unsaturated/α-hetero) is 2. The zero-order valence-electron chi connectivity index (χ0n) is 23.3. The van der Waals surface area contributed by atoms with E-state index in [0.29, 0.717) is 25.0 Å². The number of ketones is 2. The van der Waals surface area contributed by atoms with Gasteiger partial charge in [-0.05, 0) is 51.7 Å². The third-order valence-electron chi connectivity index (χ3n) is 7.26. The fraction of sp³-hybridized carbons (Fsp3) is 0.571. The van der Waals surface area contributed by atoms with E-state index in [4.69, 9.17) is 4.74 Å². The molecule has 230 valence electrons. The average molecular weight is 603 g/mol. The van der Waals surface area contributed by atoms with Crippen LogP contribution in [0, 0.1) is 23.4 Å². The van der Waals surface area contributed by atoms with Gasteiger partial charge in [-0.2, -0.15) is 13.2 Å². The normalized spacial score (nSPS) is 18.5. The van der Waals surface area contributed by atoms with Crippen LogP contribution in [0.5, 0.6) is 0 Å². The van der Waals surface area contributed by atoms with E-state index in [-0.39, 0.29) is 24.3 Å². The van der Waals surface area contributed by atoms with Gasteiger partial charge in [0.2, 0.25) is 5.78 Å². The summed E-state index contributed by atoms with van der Waals surface area (Å²) < 4.78 is 90.0. The molecule has 1 fully saturated rings. The summed E-state index contributed by atoms with van der Waals surface area (Å²) in [4.78, 5) is 43.2. The summed E-state index contributed by atoms with van der Waals surface area (Å²) in [6.45, 7) is 4.32. The second-order valence-electron chi connectivity index (χ2n) is 11.7. The van der Waals surface area contributed by atoms with Crippen molar-refractivity contribution >= 4 is 17.7 Å². The van der Waals surface area contributed by atoms with Crippen LogP contribution < -0.4 is 10.6 Å². The van der Waals surface area contributed by atoms with Gasteiger partial charge >= 0.3 is 12.3 Å². The van der Waals surface area contributed by atoms with E-state index in [1.54, 1.807) is 20.8 Å². The summed E-state index contributed by atoms with van der Waals surface area (Å²) in [7, 11) is 0. The zero-order valence-corrected chi connectivity index (χ0v) is 23.3. The minimum Gasteiger partial charge on any atom is -0.444 e. The van der Waals surface area contributed by atoms with Crippen molar-refractivity contribution in [2.75, 3.05) is 6.54 Å². The molecule has 14 heteroatoms. The molecule has 2 aliphatic rings. The summed E-state index contributed by atoms with van der Waals surface area (Å²) in [5, 5.41) is 5.20. The number of carbonyl (C=O) groups is 3. The van der Waals surface area contributed by atoms with Crippen LogP contribution in [-0.4, -0.2) is 45.4 Å². The molecule has 0 saturated heterocycles. The Labute approximate surface area is 238 Å². The van der Waals surface area contributed by atoms with Crippen molar-refractivity contribution in [2.24, 2.45) is 5.92 Å². The Morgan fingerprint density at radius 3 is 2.33 bits per heavy atom. The number of rotatable bonds is 8. The number of benzene rings is 1. The maximum atomic E-state index is 14.5. The first-order valence-corrected chi connectivity index (χ1v) is 13.6. The molecule has 8 nitrogen and oxygen atoms in total. The molecule has 0 radical (unpaired) electrons. The summed E-state index contributed by atoms with van der Waals surface area (Å²) in [5.41, 5.74) is -2.92. The largest absolute Gasteiger partial charge is 0.444 e. The van der Waals surface area contributed by atoms with Crippen molar-refractivity contribution in [3.05, 3.63) is 52.4 Å². The predicted molar refractivity (Wildman–Crippen MR) is 137 cm³/mol. The van der Waals surface area contributed by atoms with Crippen LogP contribution in [0.25, 0.3) is 0 Å². The second-order valence-corrected chi connectivity index (χ2v) is 11.7. The molecule has 1 saturated carbocycles. The van der Waals surface area contributed by atoms with E-state index < -0.39 is 89.3 Å². The van der Waals surface area contributed by atoms with Gasteiger partial charge in [0, 0.05) is 37.5 Å². The number of carbonyl (C=O) groups excluding carboxylic acids is 3. The fourth-order valence-electron chi connectivity index (χ4n) is 5.43. The SMILES string of the molecule is CC(C)(C)OC(=O)NC(CC(=O)C1CNCc2c(C(F)(F)F)nc(C(=O)C3CCCC3)n21)Cc1cc(F)c(F)cc1F. The molecule has 1 aromatic carbocycles. The molecule has 2 aromatic rings. The van der Waals surface area contributed by atoms with E-state index >= 15 is 0 Å². The van der Waals surface area contributed by atoms with Crippen LogP contribution in [0.15, 0.2) is 12.1 Å². The Balaban J connectivity index is 1.68. The Bertz CT molecular complexity index is 1360. The molecule has 1 aromatic heterocycles. The number of ether oxygens (including phenoxy) is 1. The number of hydrogen-bond acceptors (Lipinski definition) is 6. The first kappa shape index (κ1) is 31.5. The lowest BCUT2D eigenvalue weighted by Crippen LogP contribution is -2.45. The summed E-state index contributed by atoms with van der Waals surface area (Å²) in [5.74, 6) is -6.12. The molecule has 2 unspecified atom stereocenters. The quantitative estimate of drug-likeness (QED) is 0.237. The van der Waals surface area contributed by atoms with Crippen molar-refractivity contribution in [3.8, 4) is 0 Å². The highest BCUT2D eigenvalue weighted by molar-refractivity contribution is 5.96. The average Bonchev–Trinajstić information content (AvgIpc) is 3.54. The van der Waals surface area contributed by atoms with Crippen molar-refractivity contribution in [3.63, 3.8) is 0 Å². The number of amides is 1. The topological polar surface area (TPSA) is 102 Å². The van der Waals surface area contributed by atoms with Gasteiger partial charge in [-0.15, -0.1) is 0 Å². The number of alkyl carbamates (subject to hydrolysis) is 1. The Morgan fingerprint density at radius 1 is 1.07 bits per heavy atom. The monoisotopic (exact) mass is 602 g/mol. The summed E-state index contributed by atoms with van der Waals surface area (Å²) >= 11 is 0. The van der Waals surface area contributed by atoms with Crippen LogP contribution >= 0.6 is 0 Å². The second kappa shape index (κ2) is 12.1. The van der Waals surface area contributed by atoms with Crippen LogP contribution in [0.4, 0.5) is 31.1 Å². The van der Waals surface area contributed by atoms with Crippen molar-refractivity contribution in [1.82, 2.24) is 20.2 Å². The third kappa shape index (κ3) is 7.13. The first-order chi connectivity index (χ1) is 19.5. The van der Waals surface area contributed by atoms with Crippen LogP contribution in [-0.2, 0) is 28.7 Å². The van der Waals surface area contributed by atoms with E-state index in [9.17, 15) is 40.7 Å². The number of nitrogens with zero attached hydrogens (tertiary/aromatic N) is 2. The number of halogens is 6. The minimum absolute atomic E-state index is 0.136. The molecule has 0 bridgehead atoms. The Hall–Kier alpha value is -3.42. The van der Waals surface area contributed by atoms with Crippen molar-refractivity contribution in [2.45, 2.75) is 89.7 Å². The van der Waals surface area contributed by atoms with Gasteiger partial charge in [-0.3, -0.25) is 9.59 Å². The van der Waals surface area contributed by atoms with Gasteiger partial charge in [0.15, 0.2) is 28.9 Å². The van der Waals surface area contributed by atoms with E-state index in [0.717, 1.165) is 17.4 Å². The number of nitrogens with one attached hydrogen (secondary N) is 2. The molecule has 2 N–H and O–H groups in total. The molecule has 1 aliphatic heterocycles. The van der Waals surface area contributed by atoms with Crippen molar-refractivity contribution < 1.29 is 45.5 Å². The highest BCUT2D eigenvalue weighted by Gasteiger charge is 2.44. The Morgan fingerprint density at radius 2 is 1.71 bits per heavy atom. The molecule has 2 heterocycles. The zero-order chi connectivity index (χ0) is 31.0. The lowest BCUT2D eigenvalue weighted by atomic mass is 9.96. The molecule has 0 spiro atoms. The first-order valence-electron chi connectivity index (χ1n) is 13.6. The summed E-state index contributed by atoms with van der Waals surface area (Å²) in [6.07, 6.45) is -4.39.